The average molecular weight is 322 g/mol. The number of halogens is 6. The zero-order valence-electron chi connectivity index (χ0n) is 11.0. The van der Waals surface area contributed by atoms with Crippen LogP contribution in [0.4, 0.5) is 26.3 Å². The van der Waals surface area contributed by atoms with Crippen LogP contribution >= 0.6 is 0 Å². The van der Waals surface area contributed by atoms with Gasteiger partial charge < -0.3 is 11.5 Å². The monoisotopic (exact) mass is 322 g/mol. The molecule has 1 aliphatic rings. The molecule has 0 radical (unpaired) electrons. The molecule has 0 fully saturated rings. The van der Waals surface area contributed by atoms with Crippen molar-refractivity contribution < 1.29 is 26.3 Å². The maximum atomic E-state index is 13.6. The summed E-state index contributed by atoms with van der Waals surface area (Å²) in [5.74, 6) is 0. The molecule has 4 N–H and O–H groups in total. The first-order chi connectivity index (χ1) is 9.90. The molecule has 8 heteroatoms. The van der Waals surface area contributed by atoms with Gasteiger partial charge in [0.05, 0.1) is 5.57 Å². The lowest BCUT2D eigenvalue weighted by molar-refractivity contribution is -0.188. The lowest BCUT2D eigenvalue weighted by Crippen LogP contribution is -2.55. The van der Waals surface area contributed by atoms with E-state index < -0.39 is 34.6 Å². The van der Waals surface area contributed by atoms with E-state index >= 15 is 0 Å². The first kappa shape index (κ1) is 16.6. The highest BCUT2D eigenvalue weighted by atomic mass is 19.4. The predicted octanol–water partition coefficient (Wildman–Crippen LogP) is 3.16. The molecule has 1 aromatic rings. The van der Waals surface area contributed by atoms with Gasteiger partial charge in [-0.3, -0.25) is 0 Å². The third-order valence-corrected chi connectivity index (χ3v) is 3.42. The second kappa shape index (κ2) is 4.85. The van der Waals surface area contributed by atoms with Gasteiger partial charge in [0, 0.05) is 0 Å². The fourth-order valence-corrected chi connectivity index (χ4v) is 2.44. The molecule has 0 amide bonds. The topological polar surface area (TPSA) is 52.0 Å². The van der Waals surface area contributed by atoms with E-state index in [0.717, 1.165) is 18.2 Å². The Balaban J connectivity index is 2.81. The first-order valence-corrected chi connectivity index (χ1v) is 6.11. The summed E-state index contributed by atoms with van der Waals surface area (Å²) in [4.78, 5) is 0. The van der Waals surface area contributed by atoms with Crippen molar-refractivity contribution in [2.45, 2.75) is 23.4 Å². The summed E-state index contributed by atoms with van der Waals surface area (Å²) in [5.41, 5.74) is 2.87. The molecule has 1 aliphatic carbocycles. The number of hydrogen-bond donors (Lipinski definition) is 2. The van der Waals surface area contributed by atoms with Gasteiger partial charge in [-0.1, -0.05) is 36.4 Å². The van der Waals surface area contributed by atoms with E-state index in [2.05, 4.69) is 0 Å². The third kappa shape index (κ3) is 2.64. The van der Waals surface area contributed by atoms with E-state index in [1.165, 1.54) is 18.2 Å². The highest BCUT2D eigenvalue weighted by molar-refractivity contribution is 5.51. The summed E-state index contributed by atoms with van der Waals surface area (Å²) in [7, 11) is 0. The van der Waals surface area contributed by atoms with Gasteiger partial charge in [-0.2, -0.15) is 26.3 Å². The lowest BCUT2D eigenvalue weighted by Gasteiger charge is -2.41. The Labute approximate surface area is 122 Å². The summed E-state index contributed by atoms with van der Waals surface area (Å²) in [6.45, 7) is 0. The minimum absolute atomic E-state index is 0.216. The van der Waals surface area contributed by atoms with Crippen LogP contribution in [0.3, 0.4) is 0 Å². The van der Waals surface area contributed by atoms with Crippen LogP contribution in [-0.2, 0) is 5.41 Å². The molecule has 22 heavy (non-hydrogen) atoms. The summed E-state index contributed by atoms with van der Waals surface area (Å²) < 4.78 is 80.8. The Morgan fingerprint density at radius 1 is 0.818 bits per heavy atom. The van der Waals surface area contributed by atoms with Gasteiger partial charge in [0.25, 0.3) is 0 Å². The molecule has 120 valence electrons. The van der Waals surface area contributed by atoms with Crippen molar-refractivity contribution in [1.82, 2.24) is 0 Å². The molecule has 0 saturated carbocycles. The lowest BCUT2D eigenvalue weighted by atomic mass is 9.69. The summed E-state index contributed by atoms with van der Waals surface area (Å²) in [6.07, 6.45) is -9.15. The van der Waals surface area contributed by atoms with Gasteiger partial charge >= 0.3 is 12.4 Å². The van der Waals surface area contributed by atoms with Crippen molar-refractivity contribution >= 4 is 0 Å². The maximum Gasteiger partial charge on any atom is 0.414 e. The van der Waals surface area contributed by atoms with Gasteiger partial charge in [0.2, 0.25) is 0 Å². The Hall–Kier alpha value is -1.80. The number of rotatable bonds is 1. The van der Waals surface area contributed by atoms with Crippen LogP contribution in [0, 0.1) is 0 Å². The van der Waals surface area contributed by atoms with Crippen LogP contribution in [0.1, 0.15) is 5.56 Å². The quantitative estimate of drug-likeness (QED) is 0.474. The Bertz CT molecular complexity index is 612. The molecule has 1 unspecified atom stereocenters. The van der Waals surface area contributed by atoms with E-state index in [4.69, 9.17) is 11.5 Å². The molecule has 0 spiro atoms. The van der Waals surface area contributed by atoms with Crippen LogP contribution in [0.5, 0.6) is 0 Å². The Kier molecular flexibility index (Phi) is 3.65. The van der Waals surface area contributed by atoms with E-state index in [1.807, 2.05) is 0 Å². The molecular weight excluding hydrogens is 310 g/mol. The number of allylic oxidation sites excluding steroid dienone is 2. The minimum atomic E-state index is -5.25. The zero-order valence-corrected chi connectivity index (χ0v) is 11.0. The number of benzene rings is 1. The van der Waals surface area contributed by atoms with Crippen molar-refractivity contribution in [2.24, 2.45) is 11.5 Å². The standard InChI is InChI=1S/C14H12F6N2/c15-13(16,17)10-8-11(21,22)6-7-12(10,14(18,19)20)9-4-2-1-3-5-9/h1-8H,21-22H2. The number of nitrogens with two attached hydrogens (primary N) is 2. The number of alkyl halides is 6. The molecule has 0 aromatic heterocycles. The predicted molar refractivity (Wildman–Crippen MR) is 68.6 cm³/mol. The molecular formula is C14H12F6N2. The molecule has 0 heterocycles. The van der Waals surface area contributed by atoms with Crippen LogP contribution in [-0.4, -0.2) is 18.0 Å². The van der Waals surface area contributed by atoms with Crippen LogP contribution < -0.4 is 11.5 Å². The molecule has 1 aromatic carbocycles. The van der Waals surface area contributed by atoms with Crippen LogP contribution in [0.25, 0.3) is 0 Å². The Morgan fingerprint density at radius 2 is 1.36 bits per heavy atom. The van der Waals surface area contributed by atoms with E-state index in [1.54, 1.807) is 0 Å². The van der Waals surface area contributed by atoms with Crippen LogP contribution in [0.15, 0.2) is 54.1 Å². The van der Waals surface area contributed by atoms with Crippen LogP contribution in [0.2, 0.25) is 0 Å². The second-order valence-electron chi connectivity index (χ2n) is 5.06. The van der Waals surface area contributed by atoms with E-state index in [0.29, 0.717) is 6.08 Å². The number of hydrogen-bond acceptors (Lipinski definition) is 2. The summed E-state index contributed by atoms with van der Waals surface area (Å²) in [5, 5.41) is 0. The zero-order chi connectivity index (χ0) is 16.8. The van der Waals surface area contributed by atoms with Crippen molar-refractivity contribution in [3.63, 3.8) is 0 Å². The molecule has 0 bridgehead atoms. The highest BCUT2D eigenvalue weighted by Crippen LogP contribution is 2.54. The van der Waals surface area contributed by atoms with Gasteiger partial charge in [0.1, 0.15) is 11.1 Å². The maximum absolute atomic E-state index is 13.6. The van der Waals surface area contributed by atoms with Gasteiger partial charge in [-0.25, -0.2) is 0 Å². The highest BCUT2D eigenvalue weighted by Gasteiger charge is 2.64. The van der Waals surface area contributed by atoms with Crippen molar-refractivity contribution in [2.75, 3.05) is 0 Å². The molecule has 2 nitrogen and oxygen atoms in total. The molecule has 0 saturated heterocycles. The van der Waals surface area contributed by atoms with Crippen molar-refractivity contribution in [1.29, 1.82) is 0 Å². The molecule has 1 atom stereocenters. The van der Waals surface area contributed by atoms with E-state index in [9.17, 15) is 26.3 Å². The molecule has 2 rings (SSSR count). The smallest absolute Gasteiger partial charge is 0.307 e. The fraction of sp³-hybridized carbons (Fsp3) is 0.286. The van der Waals surface area contributed by atoms with Gasteiger partial charge in [0.15, 0.2) is 0 Å². The molecule has 0 aliphatic heterocycles. The normalized spacial score (nSPS) is 25.0. The van der Waals surface area contributed by atoms with Crippen molar-refractivity contribution in [3.05, 3.63) is 59.7 Å². The van der Waals surface area contributed by atoms with Gasteiger partial charge in [-0.05, 0) is 17.7 Å². The Morgan fingerprint density at radius 3 is 1.82 bits per heavy atom. The summed E-state index contributed by atoms with van der Waals surface area (Å²) in [6, 6.07) is 5.84. The summed E-state index contributed by atoms with van der Waals surface area (Å²) >= 11 is 0. The minimum Gasteiger partial charge on any atom is -0.307 e. The average Bonchev–Trinajstić information content (AvgIpc) is 2.36. The largest absolute Gasteiger partial charge is 0.414 e. The SMILES string of the molecule is NC1(N)C=CC(c2ccccc2)(C(F)(F)F)C(C(F)(F)F)=C1. The first-order valence-electron chi connectivity index (χ1n) is 6.11. The second-order valence-corrected chi connectivity index (χ2v) is 5.06. The van der Waals surface area contributed by atoms with Crippen molar-refractivity contribution in [3.8, 4) is 0 Å². The third-order valence-electron chi connectivity index (χ3n) is 3.42. The van der Waals surface area contributed by atoms with E-state index in [-0.39, 0.29) is 6.08 Å². The van der Waals surface area contributed by atoms with Gasteiger partial charge in [-0.15, -0.1) is 0 Å². The fourth-order valence-electron chi connectivity index (χ4n) is 2.44.